The maximum atomic E-state index is 12.4. The van der Waals surface area contributed by atoms with Gasteiger partial charge in [-0.2, -0.15) is 0 Å². The first kappa shape index (κ1) is 19.2. The van der Waals surface area contributed by atoms with E-state index in [1.807, 2.05) is 19.1 Å². The Morgan fingerprint density at radius 2 is 2.00 bits per heavy atom. The van der Waals surface area contributed by atoms with Gasteiger partial charge >= 0.3 is 5.97 Å². The monoisotopic (exact) mass is 374 g/mol. The molecule has 1 heterocycles. The summed E-state index contributed by atoms with van der Waals surface area (Å²) in [6.45, 7) is 1.85. The second-order valence-corrected chi connectivity index (χ2v) is 7.24. The number of aryl methyl sites for hydroxylation is 1. The second kappa shape index (κ2) is 8.41. The van der Waals surface area contributed by atoms with Crippen LogP contribution in [0.4, 0.5) is 5.69 Å². The topological polar surface area (TPSA) is 84.9 Å². The fourth-order valence-electron chi connectivity index (χ4n) is 3.70. The summed E-state index contributed by atoms with van der Waals surface area (Å²) in [4.78, 5) is 38.2. The van der Waals surface area contributed by atoms with Crippen molar-refractivity contribution in [2.45, 2.75) is 45.1 Å². The highest BCUT2D eigenvalue weighted by Gasteiger charge is 2.37. The smallest absolute Gasteiger partial charge is 0.311 e. The molecule has 146 valence electrons. The van der Waals surface area contributed by atoms with Crippen molar-refractivity contribution in [3.63, 3.8) is 0 Å². The molecule has 2 aliphatic rings. The second-order valence-electron chi connectivity index (χ2n) is 7.24. The average Bonchev–Trinajstić information content (AvgIpc) is 3.29. The van der Waals surface area contributed by atoms with Crippen LogP contribution < -0.4 is 15.0 Å². The van der Waals surface area contributed by atoms with Gasteiger partial charge in [0, 0.05) is 19.0 Å². The number of amides is 2. The lowest BCUT2D eigenvalue weighted by atomic mass is 10.1. The van der Waals surface area contributed by atoms with Crippen LogP contribution in [0.5, 0.6) is 5.75 Å². The van der Waals surface area contributed by atoms with Crippen molar-refractivity contribution >= 4 is 23.5 Å². The molecule has 3 rings (SSSR count). The van der Waals surface area contributed by atoms with Crippen molar-refractivity contribution in [3.8, 4) is 5.75 Å². The summed E-state index contributed by atoms with van der Waals surface area (Å²) < 4.78 is 10.5. The highest BCUT2D eigenvalue weighted by Crippen LogP contribution is 2.34. The summed E-state index contributed by atoms with van der Waals surface area (Å²) in [5.74, 6) is -0.951. The minimum Gasteiger partial charge on any atom is -0.495 e. The molecule has 2 fully saturated rings. The zero-order chi connectivity index (χ0) is 19.4. The maximum absolute atomic E-state index is 12.4. The molecule has 1 aromatic carbocycles. The number of carbonyl (C=O) groups is 3. The van der Waals surface area contributed by atoms with E-state index >= 15 is 0 Å². The molecule has 27 heavy (non-hydrogen) atoms. The molecule has 0 unspecified atom stereocenters. The van der Waals surface area contributed by atoms with Gasteiger partial charge in [0.1, 0.15) is 5.75 Å². The molecule has 7 heteroatoms. The normalized spacial score (nSPS) is 20.0. The minimum absolute atomic E-state index is 0.0696. The lowest BCUT2D eigenvalue weighted by Gasteiger charge is -2.20. The van der Waals surface area contributed by atoms with Gasteiger partial charge in [-0.25, -0.2) is 0 Å². The molecule has 0 radical (unpaired) electrons. The number of nitrogens with one attached hydrogen (secondary N) is 1. The Kier molecular flexibility index (Phi) is 5.98. The average molecular weight is 374 g/mol. The molecule has 1 aliphatic heterocycles. The van der Waals surface area contributed by atoms with Crippen molar-refractivity contribution in [1.82, 2.24) is 5.32 Å². The van der Waals surface area contributed by atoms with E-state index in [9.17, 15) is 14.4 Å². The number of carbonyl (C=O) groups excluding carboxylic acids is 3. The molecule has 1 aromatic rings. The quantitative estimate of drug-likeness (QED) is 0.770. The molecule has 1 N–H and O–H groups in total. The van der Waals surface area contributed by atoms with E-state index in [0.717, 1.165) is 31.2 Å². The van der Waals surface area contributed by atoms with Crippen LogP contribution in [-0.4, -0.2) is 44.1 Å². The van der Waals surface area contributed by atoms with Crippen LogP contribution in [0.1, 0.15) is 37.7 Å². The summed E-state index contributed by atoms with van der Waals surface area (Å²) in [6.07, 6.45) is 4.26. The maximum Gasteiger partial charge on any atom is 0.311 e. The third-order valence-corrected chi connectivity index (χ3v) is 5.15. The largest absolute Gasteiger partial charge is 0.495 e. The minimum atomic E-state index is -0.581. The van der Waals surface area contributed by atoms with Crippen molar-refractivity contribution in [2.24, 2.45) is 5.92 Å². The lowest BCUT2D eigenvalue weighted by molar-refractivity contribution is -0.152. The zero-order valence-electron chi connectivity index (χ0n) is 15.8. The first-order valence-corrected chi connectivity index (χ1v) is 9.39. The number of ether oxygens (including phenoxy) is 2. The van der Waals surface area contributed by atoms with Gasteiger partial charge in [0.05, 0.1) is 18.7 Å². The Hall–Kier alpha value is -2.57. The van der Waals surface area contributed by atoms with Gasteiger partial charge in [-0.15, -0.1) is 0 Å². The number of rotatable bonds is 6. The SMILES string of the molecule is COc1ccc(C)cc1N1C[C@@H](C(=O)OCC(=O)NC2CCCC2)CC1=O. The summed E-state index contributed by atoms with van der Waals surface area (Å²) in [7, 11) is 1.55. The number of hydrogen-bond donors (Lipinski definition) is 1. The van der Waals surface area contributed by atoms with Gasteiger partial charge in [0.25, 0.3) is 5.91 Å². The molecule has 2 amide bonds. The molecule has 1 saturated carbocycles. The van der Waals surface area contributed by atoms with E-state index in [4.69, 9.17) is 9.47 Å². The molecule has 1 saturated heterocycles. The summed E-state index contributed by atoms with van der Waals surface area (Å²) in [6, 6.07) is 5.75. The van der Waals surface area contributed by atoms with Crippen LogP contribution in [-0.2, 0) is 19.1 Å². The molecular weight excluding hydrogens is 348 g/mol. The molecule has 1 aliphatic carbocycles. The van der Waals surface area contributed by atoms with Crippen LogP contribution in [0.25, 0.3) is 0 Å². The van der Waals surface area contributed by atoms with Gasteiger partial charge in [0.15, 0.2) is 6.61 Å². The molecular formula is C20H26N2O5. The van der Waals surface area contributed by atoms with Gasteiger partial charge in [-0.05, 0) is 37.5 Å². The number of anilines is 1. The van der Waals surface area contributed by atoms with Crippen LogP contribution in [0, 0.1) is 12.8 Å². The number of hydrogen-bond acceptors (Lipinski definition) is 5. The highest BCUT2D eigenvalue weighted by molar-refractivity contribution is 6.00. The molecule has 0 spiro atoms. The van der Waals surface area contributed by atoms with Crippen molar-refractivity contribution in [1.29, 1.82) is 0 Å². The zero-order valence-corrected chi connectivity index (χ0v) is 15.8. The first-order valence-electron chi connectivity index (χ1n) is 9.39. The van der Waals surface area contributed by atoms with Crippen LogP contribution in [0.3, 0.4) is 0 Å². The van der Waals surface area contributed by atoms with E-state index in [1.165, 1.54) is 0 Å². The molecule has 7 nitrogen and oxygen atoms in total. The summed E-state index contributed by atoms with van der Waals surface area (Å²) >= 11 is 0. The van der Waals surface area contributed by atoms with E-state index in [1.54, 1.807) is 18.1 Å². The number of esters is 1. The third kappa shape index (κ3) is 4.59. The van der Waals surface area contributed by atoms with E-state index < -0.39 is 11.9 Å². The van der Waals surface area contributed by atoms with Crippen molar-refractivity contribution < 1.29 is 23.9 Å². The van der Waals surface area contributed by atoms with Crippen molar-refractivity contribution in [3.05, 3.63) is 23.8 Å². The fourth-order valence-corrected chi connectivity index (χ4v) is 3.70. The Labute approximate surface area is 159 Å². The van der Waals surface area contributed by atoms with Crippen LogP contribution in [0.2, 0.25) is 0 Å². The van der Waals surface area contributed by atoms with Gasteiger partial charge in [-0.3, -0.25) is 14.4 Å². The standard InChI is InChI=1S/C20H26N2O5/c1-13-7-8-17(26-2)16(9-13)22-11-14(10-19(22)24)20(25)27-12-18(23)21-15-5-3-4-6-15/h7-9,14-15H,3-6,10-12H2,1-2H3,(H,21,23)/t14-/m0/s1. The van der Waals surface area contributed by atoms with Gasteiger partial charge < -0.3 is 19.7 Å². The molecule has 0 bridgehead atoms. The third-order valence-electron chi connectivity index (χ3n) is 5.15. The predicted molar refractivity (Wildman–Crippen MR) is 99.5 cm³/mol. The van der Waals surface area contributed by atoms with E-state index in [0.29, 0.717) is 11.4 Å². The molecule has 0 aromatic heterocycles. The Morgan fingerprint density at radius 3 is 2.70 bits per heavy atom. The summed E-state index contributed by atoms with van der Waals surface area (Å²) in [5.41, 5.74) is 1.64. The van der Waals surface area contributed by atoms with Crippen LogP contribution in [0.15, 0.2) is 18.2 Å². The fraction of sp³-hybridized carbons (Fsp3) is 0.550. The number of nitrogens with zero attached hydrogens (tertiary/aromatic N) is 1. The van der Waals surface area contributed by atoms with Crippen molar-refractivity contribution in [2.75, 3.05) is 25.2 Å². The van der Waals surface area contributed by atoms with Gasteiger partial charge in [0.2, 0.25) is 5.91 Å². The van der Waals surface area contributed by atoms with E-state index in [-0.39, 0.29) is 37.4 Å². The highest BCUT2D eigenvalue weighted by atomic mass is 16.5. The number of benzene rings is 1. The Morgan fingerprint density at radius 1 is 1.26 bits per heavy atom. The van der Waals surface area contributed by atoms with Gasteiger partial charge in [-0.1, -0.05) is 18.9 Å². The van der Waals surface area contributed by atoms with E-state index in [2.05, 4.69) is 5.32 Å². The first-order chi connectivity index (χ1) is 13.0. The van der Waals surface area contributed by atoms with Crippen LogP contribution >= 0.6 is 0 Å². The number of methoxy groups -OCH3 is 1. The summed E-state index contributed by atoms with van der Waals surface area (Å²) in [5, 5.41) is 2.88. The molecule has 1 atom stereocenters. The Balaban J connectivity index is 1.56. The predicted octanol–water partition coefficient (Wildman–Crippen LogP) is 1.96. The lowest BCUT2D eigenvalue weighted by Crippen LogP contribution is -2.36. The Bertz CT molecular complexity index is 727.